The van der Waals surface area contributed by atoms with Crippen molar-refractivity contribution in [1.82, 2.24) is 10.6 Å². The SMILES string of the molecule is CC(C)C[C@H](NC(=O)[C@H](C)NC(=O)[C@@H](N)CCC(N)=O)C(=O)O. The van der Waals surface area contributed by atoms with Crippen LogP contribution in [0.15, 0.2) is 0 Å². The Morgan fingerprint density at radius 1 is 1.04 bits per heavy atom. The fraction of sp³-hybridized carbons (Fsp3) is 0.714. The summed E-state index contributed by atoms with van der Waals surface area (Å²) in [6.07, 6.45) is 0.311. The quantitative estimate of drug-likeness (QED) is 0.334. The zero-order valence-corrected chi connectivity index (χ0v) is 13.7. The Morgan fingerprint density at radius 2 is 1.61 bits per heavy atom. The third-order valence-corrected chi connectivity index (χ3v) is 3.11. The molecule has 0 bridgehead atoms. The van der Waals surface area contributed by atoms with Crippen molar-refractivity contribution in [3.05, 3.63) is 0 Å². The van der Waals surface area contributed by atoms with Crippen LogP contribution in [-0.4, -0.2) is 46.9 Å². The van der Waals surface area contributed by atoms with E-state index in [0.717, 1.165) is 0 Å². The van der Waals surface area contributed by atoms with Gasteiger partial charge in [0.05, 0.1) is 6.04 Å². The number of rotatable bonds is 10. The monoisotopic (exact) mass is 330 g/mol. The van der Waals surface area contributed by atoms with Gasteiger partial charge in [-0.05, 0) is 25.7 Å². The molecule has 0 aromatic heterocycles. The van der Waals surface area contributed by atoms with Crippen LogP contribution in [0, 0.1) is 5.92 Å². The predicted molar refractivity (Wildman–Crippen MR) is 83.0 cm³/mol. The Morgan fingerprint density at radius 3 is 2.04 bits per heavy atom. The van der Waals surface area contributed by atoms with Crippen LogP contribution < -0.4 is 22.1 Å². The summed E-state index contributed by atoms with van der Waals surface area (Å²) in [6.45, 7) is 5.10. The molecule has 0 saturated carbocycles. The molecule has 0 unspecified atom stereocenters. The lowest BCUT2D eigenvalue weighted by atomic mass is 10.0. The van der Waals surface area contributed by atoms with Crippen LogP contribution in [-0.2, 0) is 19.2 Å². The molecule has 0 radical (unpaired) electrons. The molecule has 9 heteroatoms. The molecule has 132 valence electrons. The summed E-state index contributed by atoms with van der Waals surface area (Å²) in [5.41, 5.74) is 10.6. The second-order valence-electron chi connectivity index (χ2n) is 5.87. The van der Waals surface area contributed by atoms with Gasteiger partial charge in [0.15, 0.2) is 0 Å². The van der Waals surface area contributed by atoms with Gasteiger partial charge in [-0.25, -0.2) is 4.79 Å². The highest BCUT2D eigenvalue weighted by Crippen LogP contribution is 2.05. The minimum absolute atomic E-state index is 0.0371. The van der Waals surface area contributed by atoms with Gasteiger partial charge >= 0.3 is 5.97 Å². The zero-order valence-electron chi connectivity index (χ0n) is 13.7. The average molecular weight is 330 g/mol. The minimum Gasteiger partial charge on any atom is -0.480 e. The van der Waals surface area contributed by atoms with Crippen molar-refractivity contribution < 1.29 is 24.3 Å². The lowest BCUT2D eigenvalue weighted by Crippen LogP contribution is -2.53. The first kappa shape index (κ1) is 20.8. The van der Waals surface area contributed by atoms with E-state index < -0.39 is 41.8 Å². The Labute approximate surface area is 135 Å². The van der Waals surface area contributed by atoms with Crippen molar-refractivity contribution >= 4 is 23.7 Å². The van der Waals surface area contributed by atoms with Gasteiger partial charge in [-0.1, -0.05) is 13.8 Å². The summed E-state index contributed by atoms with van der Waals surface area (Å²) in [6, 6.07) is -2.94. The van der Waals surface area contributed by atoms with Gasteiger partial charge in [0, 0.05) is 6.42 Å². The number of hydrogen-bond donors (Lipinski definition) is 5. The average Bonchev–Trinajstić information content (AvgIpc) is 2.42. The highest BCUT2D eigenvalue weighted by Gasteiger charge is 2.25. The van der Waals surface area contributed by atoms with E-state index in [2.05, 4.69) is 10.6 Å². The predicted octanol–water partition coefficient (Wildman–Crippen LogP) is -1.30. The van der Waals surface area contributed by atoms with Crippen LogP contribution in [0.1, 0.15) is 40.0 Å². The molecule has 7 N–H and O–H groups in total. The molecule has 3 atom stereocenters. The Bertz CT molecular complexity index is 452. The second-order valence-corrected chi connectivity index (χ2v) is 5.87. The Balaban J connectivity index is 4.50. The van der Waals surface area contributed by atoms with E-state index in [-0.39, 0.29) is 25.2 Å². The first-order chi connectivity index (χ1) is 10.5. The minimum atomic E-state index is -1.14. The maximum absolute atomic E-state index is 12.0. The molecule has 3 amide bonds. The van der Waals surface area contributed by atoms with Crippen molar-refractivity contribution in [2.24, 2.45) is 17.4 Å². The van der Waals surface area contributed by atoms with Crippen molar-refractivity contribution in [1.29, 1.82) is 0 Å². The Hall–Kier alpha value is -2.16. The fourth-order valence-corrected chi connectivity index (χ4v) is 1.80. The highest BCUT2D eigenvalue weighted by molar-refractivity contribution is 5.91. The van der Waals surface area contributed by atoms with Crippen LogP contribution >= 0.6 is 0 Å². The number of primary amides is 1. The lowest BCUT2D eigenvalue weighted by molar-refractivity contribution is -0.142. The summed E-state index contributed by atoms with van der Waals surface area (Å²) < 4.78 is 0. The molecule has 0 aromatic rings. The van der Waals surface area contributed by atoms with Crippen molar-refractivity contribution in [3.63, 3.8) is 0 Å². The molecular formula is C14H26N4O5. The summed E-state index contributed by atoms with van der Waals surface area (Å²) in [4.78, 5) is 45.5. The number of carbonyl (C=O) groups excluding carboxylic acids is 3. The molecule has 9 nitrogen and oxygen atoms in total. The highest BCUT2D eigenvalue weighted by atomic mass is 16.4. The van der Waals surface area contributed by atoms with Gasteiger partial charge in [-0.15, -0.1) is 0 Å². The largest absolute Gasteiger partial charge is 0.480 e. The van der Waals surface area contributed by atoms with Crippen LogP contribution in [0.25, 0.3) is 0 Å². The van der Waals surface area contributed by atoms with E-state index in [4.69, 9.17) is 16.6 Å². The van der Waals surface area contributed by atoms with Crippen LogP contribution in [0.2, 0.25) is 0 Å². The summed E-state index contributed by atoms with van der Waals surface area (Å²) in [5.74, 6) is -2.84. The maximum atomic E-state index is 12.0. The number of carboxylic acids is 1. The van der Waals surface area contributed by atoms with Crippen molar-refractivity contribution in [2.75, 3.05) is 0 Å². The lowest BCUT2D eigenvalue weighted by Gasteiger charge is -2.21. The molecule has 0 aliphatic carbocycles. The van der Waals surface area contributed by atoms with Gasteiger partial charge in [-0.2, -0.15) is 0 Å². The first-order valence-electron chi connectivity index (χ1n) is 7.42. The van der Waals surface area contributed by atoms with E-state index >= 15 is 0 Å². The Kier molecular flexibility index (Phi) is 8.86. The number of hydrogen-bond acceptors (Lipinski definition) is 5. The van der Waals surface area contributed by atoms with Gasteiger partial charge < -0.3 is 27.2 Å². The van der Waals surface area contributed by atoms with E-state index in [1.807, 2.05) is 13.8 Å². The number of nitrogens with one attached hydrogen (secondary N) is 2. The molecule has 0 rings (SSSR count). The van der Waals surface area contributed by atoms with Crippen molar-refractivity contribution in [2.45, 2.75) is 58.2 Å². The van der Waals surface area contributed by atoms with Gasteiger partial charge in [0.25, 0.3) is 0 Å². The van der Waals surface area contributed by atoms with Gasteiger partial charge in [-0.3, -0.25) is 14.4 Å². The number of nitrogens with two attached hydrogens (primary N) is 2. The van der Waals surface area contributed by atoms with Crippen LogP contribution in [0.5, 0.6) is 0 Å². The number of carbonyl (C=O) groups is 4. The summed E-state index contributed by atoms with van der Waals surface area (Å²) in [7, 11) is 0. The molecule has 0 spiro atoms. The molecule has 0 aromatic carbocycles. The number of aliphatic carboxylic acids is 1. The van der Waals surface area contributed by atoms with E-state index in [0.29, 0.717) is 0 Å². The molecule has 0 fully saturated rings. The maximum Gasteiger partial charge on any atom is 0.326 e. The fourth-order valence-electron chi connectivity index (χ4n) is 1.80. The molecule has 0 aliphatic heterocycles. The normalized spacial score (nSPS) is 14.7. The van der Waals surface area contributed by atoms with E-state index in [9.17, 15) is 19.2 Å². The molecule has 0 aliphatic rings. The summed E-state index contributed by atoms with van der Waals surface area (Å²) >= 11 is 0. The zero-order chi connectivity index (χ0) is 18.2. The third kappa shape index (κ3) is 8.77. The molecule has 0 saturated heterocycles. The van der Waals surface area contributed by atoms with Crippen LogP contribution in [0.3, 0.4) is 0 Å². The third-order valence-electron chi connectivity index (χ3n) is 3.11. The van der Waals surface area contributed by atoms with Crippen molar-refractivity contribution in [3.8, 4) is 0 Å². The number of carboxylic acid groups (broad SMARTS) is 1. The first-order valence-corrected chi connectivity index (χ1v) is 7.42. The number of amides is 3. The molecular weight excluding hydrogens is 304 g/mol. The molecule has 0 heterocycles. The standard InChI is InChI=1S/C14H26N4O5/c1-7(2)6-10(14(22)23)18-12(20)8(3)17-13(21)9(15)4-5-11(16)19/h7-10H,4-6,15H2,1-3H3,(H2,16,19)(H,17,21)(H,18,20)(H,22,23)/t8-,9-,10-/m0/s1. The summed E-state index contributed by atoms with van der Waals surface area (Å²) in [5, 5.41) is 13.8. The van der Waals surface area contributed by atoms with Gasteiger partial charge in [0.1, 0.15) is 12.1 Å². The van der Waals surface area contributed by atoms with E-state index in [1.54, 1.807) is 0 Å². The van der Waals surface area contributed by atoms with Crippen LogP contribution in [0.4, 0.5) is 0 Å². The smallest absolute Gasteiger partial charge is 0.326 e. The molecule has 23 heavy (non-hydrogen) atoms. The van der Waals surface area contributed by atoms with E-state index in [1.165, 1.54) is 6.92 Å². The second kappa shape index (κ2) is 9.78. The topological polar surface area (TPSA) is 165 Å². The van der Waals surface area contributed by atoms with Gasteiger partial charge in [0.2, 0.25) is 17.7 Å².